The molecule has 1 amide bonds. The van der Waals surface area contributed by atoms with Gasteiger partial charge in [0.2, 0.25) is 5.91 Å². The fourth-order valence-corrected chi connectivity index (χ4v) is 3.34. The average Bonchev–Trinajstić information content (AvgIpc) is 2.68. The lowest BCUT2D eigenvalue weighted by atomic mass is 10.1. The van der Waals surface area contributed by atoms with Crippen molar-refractivity contribution in [3.63, 3.8) is 0 Å². The van der Waals surface area contributed by atoms with E-state index in [9.17, 15) is 18.0 Å². The number of carbonyl (C=O) groups excluding carboxylic acids is 1. The van der Waals surface area contributed by atoms with Gasteiger partial charge in [-0.25, -0.2) is 13.2 Å². The van der Waals surface area contributed by atoms with Crippen molar-refractivity contribution in [3.8, 4) is 0 Å². The Balaban J connectivity index is 1.45. The number of carbonyl (C=O) groups is 1. The molecule has 1 atom stereocenters. The van der Waals surface area contributed by atoms with E-state index in [1.165, 1.54) is 18.2 Å². The summed E-state index contributed by atoms with van der Waals surface area (Å²) in [5.41, 5.74) is 0.975. The van der Waals surface area contributed by atoms with Crippen molar-refractivity contribution in [2.75, 3.05) is 32.7 Å². The standard InChI is InChI=1S/C21H24F3N3O/c1-15(18-7-6-17(22)12-20(18)24)25-13-21(28)27-10-8-26(9-11-27)14-16-4-2-3-5-19(16)23/h2-7,12,15,25H,8-11,13-14H2,1H3/t15-/m0/s1. The molecule has 4 nitrogen and oxygen atoms in total. The minimum absolute atomic E-state index is 0.0695. The first-order chi connectivity index (χ1) is 13.4. The zero-order valence-electron chi connectivity index (χ0n) is 15.8. The van der Waals surface area contributed by atoms with E-state index in [1.54, 1.807) is 24.0 Å². The SMILES string of the molecule is C[C@H](NCC(=O)N1CCN(Cc2ccccc2F)CC1)c1ccc(F)cc1F. The Morgan fingerprint density at radius 3 is 2.43 bits per heavy atom. The fraction of sp³-hybridized carbons (Fsp3) is 0.381. The molecule has 0 unspecified atom stereocenters. The van der Waals surface area contributed by atoms with Gasteiger partial charge in [0.25, 0.3) is 0 Å². The van der Waals surface area contributed by atoms with Gasteiger partial charge in [0.15, 0.2) is 0 Å². The first kappa shape index (κ1) is 20.4. The number of benzene rings is 2. The van der Waals surface area contributed by atoms with Gasteiger partial charge in [0.05, 0.1) is 6.54 Å². The van der Waals surface area contributed by atoms with Crippen molar-refractivity contribution in [2.45, 2.75) is 19.5 Å². The maximum Gasteiger partial charge on any atom is 0.236 e. The van der Waals surface area contributed by atoms with E-state index in [0.29, 0.717) is 43.9 Å². The highest BCUT2D eigenvalue weighted by Gasteiger charge is 2.22. The van der Waals surface area contributed by atoms with Crippen molar-refractivity contribution in [3.05, 3.63) is 71.0 Å². The van der Waals surface area contributed by atoms with Crippen LogP contribution in [0.4, 0.5) is 13.2 Å². The minimum Gasteiger partial charge on any atom is -0.339 e. The average molecular weight is 391 g/mol. The summed E-state index contributed by atoms with van der Waals surface area (Å²) in [7, 11) is 0. The van der Waals surface area contributed by atoms with E-state index in [4.69, 9.17) is 0 Å². The van der Waals surface area contributed by atoms with Crippen LogP contribution in [0.25, 0.3) is 0 Å². The molecule has 1 heterocycles. The summed E-state index contributed by atoms with van der Waals surface area (Å²) in [5.74, 6) is -1.54. The van der Waals surface area contributed by atoms with Crippen LogP contribution in [0.2, 0.25) is 0 Å². The lowest BCUT2D eigenvalue weighted by Crippen LogP contribution is -2.50. The van der Waals surface area contributed by atoms with Crippen LogP contribution in [0.1, 0.15) is 24.1 Å². The molecule has 7 heteroatoms. The Labute approximate surface area is 162 Å². The summed E-state index contributed by atoms with van der Waals surface area (Å²) in [6.07, 6.45) is 0. The number of halogens is 3. The Morgan fingerprint density at radius 2 is 1.75 bits per heavy atom. The lowest BCUT2D eigenvalue weighted by molar-refractivity contribution is -0.132. The molecule has 1 fully saturated rings. The molecule has 3 rings (SSSR count). The highest BCUT2D eigenvalue weighted by atomic mass is 19.1. The molecular weight excluding hydrogens is 367 g/mol. The van der Waals surface area contributed by atoms with Crippen LogP contribution >= 0.6 is 0 Å². The molecule has 1 aliphatic rings. The number of hydrogen-bond acceptors (Lipinski definition) is 3. The van der Waals surface area contributed by atoms with Crippen LogP contribution in [0.3, 0.4) is 0 Å². The van der Waals surface area contributed by atoms with Gasteiger partial charge in [-0.3, -0.25) is 9.69 Å². The predicted molar refractivity (Wildman–Crippen MR) is 101 cm³/mol. The minimum atomic E-state index is -0.630. The van der Waals surface area contributed by atoms with Gasteiger partial charge in [-0.2, -0.15) is 0 Å². The molecule has 0 radical (unpaired) electrons. The Bertz CT molecular complexity index is 822. The molecule has 1 saturated heterocycles. The number of nitrogens with one attached hydrogen (secondary N) is 1. The Hall–Kier alpha value is -2.38. The molecule has 0 saturated carbocycles. The summed E-state index contributed by atoms with van der Waals surface area (Å²) >= 11 is 0. The topological polar surface area (TPSA) is 35.6 Å². The molecule has 0 bridgehead atoms. The van der Waals surface area contributed by atoms with Crippen LogP contribution in [0, 0.1) is 17.5 Å². The smallest absolute Gasteiger partial charge is 0.236 e. The zero-order chi connectivity index (χ0) is 20.1. The Morgan fingerprint density at radius 1 is 1.04 bits per heavy atom. The van der Waals surface area contributed by atoms with E-state index in [-0.39, 0.29) is 18.3 Å². The number of nitrogens with zero attached hydrogens (tertiary/aromatic N) is 2. The highest BCUT2D eigenvalue weighted by molar-refractivity contribution is 5.78. The molecular formula is C21H24F3N3O. The summed E-state index contributed by atoms with van der Waals surface area (Å²) in [5, 5.41) is 3.00. The zero-order valence-corrected chi connectivity index (χ0v) is 15.8. The maximum atomic E-state index is 13.8. The second-order valence-corrected chi connectivity index (χ2v) is 7.02. The molecule has 0 aliphatic carbocycles. The van der Waals surface area contributed by atoms with Gasteiger partial charge in [-0.1, -0.05) is 24.3 Å². The van der Waals surface area contributed by atoms with Crippen molar-refractivity contribution in [1.29, 1.82) is 0 Å². The normalized spacial score (nSPS) is 16.2. The molecule has 2 aromatic carbocycles. The van der Waals surface area contributed by atoms with Gasteiger partial charge in [0.1, 0.15) is 17.5 Å². The maximum absolute atomic E-state index is 13.8. The van der Waals surface area contributed by atoms with E-state index >= 15 is 0 Å². The number of rotatable bonds is 6. The first-order valence-electron chi connectivity index (χ1n) is 9.36. The second-order valence-electron chi connectivity index (χ2n) is 7.02. The highest BCUT2D eigenvalue weighted by Crippen LogP contribution is 2.17. The second kappa shape index (κ2) is 9.21. The predicted octanol–water partition coefficient (Wildman–Crippen LogP) is 3.10. The van der Waals surface area contributed by atoms with E-state index < -0.39 is 17.7 Å². The van der Waals surface area contributed by atoms with Crippen LogP contribution in [-0.2, 0) is 11.3 Å². The molecule has 2 aromatic rings. The number of hydrogen-bond donors (Lipinski definition) is 1. The van der Waals surface area contributed by atoms with Crippen molar-refractivity contribution in [1.82, 2.24) is 15.1 Å². The van der Waals surface area contributed by atoms with Gasteiger partial charge in [-0.15, -0.1) is 0 Å². The van der Waals surface area contributed by atoms with Crippen LogP contribution in [0.5, 0.6) is 0 Å². The third-order valence-corrected chi connectivity index (χ3v) is 5.07. The van der Waals surface area contributed by atoms with Gasteiger partial charge < -0.3 is 10.2 Å². The Kier molecular flexibility index (Phi) is 6.70. The van der Waals surface area contributed by atoms with Crippen molar-refractivity contribution >= 4 is 5.91 Å². The number of amides is 1. The molecule has 0 spiro atoms. The van der Waals surface area contributed by atoms with Gasteiger partial charge in [-0.05, 0) is 19.1 Å². The van der Waals surface area contributed by atoms with E-state index in [2.05, 4.69) is 10.2 Å². The lowest BCUT2D eigenvalue weighted by Gasteiger charge is -2.35. The molecule has 28 heavy (non-hydrogen) atoms. The molecule has 1 N–H and O–H groups in total. The third kappa shape index (κ3) is 5.11. The van der Waals surface area contributed by atoms with Crippen LogP contribution < -0.4 is 5.32 Å². The van der Waals surface area contributed by atoms with Gasteiger partial charge in [0, 0.05) is 56.0 Å². The summed E-state index contributed by atoms with van der Waals surface area (Å²) in [6.45, 7) is 4.79. The van der Waals surface area contributed by atoms with Crippen molar-refractivity contribution in [2.24, 2.45) is 0 Å². The monoisotopic (exact) mass is 391 g/mol. The molecule has 0 aromatic heterocycles. The summed E-state index contributed by atoms with van der Waals surface area (Å²) in [6, 6.07) is 9.72. The fourth-order valence-electron chi connectivity index (χ4n) is 3.34. The summed E-state index contributed by atoms with van der Waals surface area (Å²) < 4.78 is 40.6. The number of piperazine rings is 1. The molecule has 150 valence electrons. The quantitative estimate of drug-likeness (QED) is 0.822. The first-order valence-corrected chi connectivity index (χ1v) is 9.36. The summed E-state index contributed by atoms with van der Waals surface area (Å²) in [4.78, 5) is 16.3. The molecule has 1 aliphatic heterocycles. The van der Waals surface area contributed by atoms with E-state index in [1.807, 2.05) is 6.07 Å². The van der Waals surface area contributed by atoms with E-state index in [0.717, 1.165) is 6.07 Å². The van der Waals surface area contributed by atoms with Gasteiger partial charge >= 0.3 is 0 Å². The van der Waals surface area contributed by atoms with Crippen LogP contribution in [-0.4, -0.2) is 48.4 Å². The van der Waals surface area contributed by atoms with Crippen LogP contribution in [0.15, 0.2) is 42.5 Å². The largest absolute Gasteiger partial charge is 0.339 e. The van der Waals surface area contributed by atoms with Crippen molar-refractivity contribution < 1.29 is 18.0 Å². The third-order valence-electron chi connectivity index (χ3n) is 5.07.